The number of aliphatic carboxylic acids is 1. The minimum atomic E-state index is -0.969. The van der Waals surface area contributed by atoms with Crippen molar-refractivity contribution in [3.8, 4) is 18.4 Å². The van der Waals surface area contributed by atoms with Crippen LogP contribution in [0.15, 0.2) is 0 Å². The topological polar surface area (TPSA) is 87.4 Å². The highest BCUT2D eigenvalue weighted by Gasteiger charge is 2.31. The first-order valence-electron chi connectivity index (χ1n) is 5.12. The van der Waals surface area contributed by atoms with Gasteiger partial charge in [-0.25, -0.2) is 0 Å². The highest BCUT2D eigenvalue weighted by molar-refractivity contribution is 5.71. The molecular formula is C12H15NO4. The number of carbonyl (C=O) groups is 2. The Morgan fingerprint density at radius 3 is 2.47 bits per heavy atom. The van der Waals surface area contributed by atoms with E-state index in [-0.39, 0.29) is 19.3 Å². The van der Waals surface area contributed by atoms with Crippen LogP contribution in [0.3, 0.4) is 0 Å². The minimum absolute atomic E-state index is 0.0218. The van der Waals surface area contributed by atoms with Crippen molar-refractivity contribution in [2.24, 2.45) is 5.41 Å². The van der Waals surface area contributed by atoms with Crippen molar-refractivity contribution in [1.82, 2.24) is 0 Å². The SMILES string of the molecule is C#CC(OC(=O)CCCC(=O)O)C(C)(C)C#N. The summed E-state index contributed by atoms with van der Waals surface area (Å²) in [6.45, 7) is 3.14. The largest absolute Gasteiger partial charge is 0.481 e. The van der Waals surface area contributed by atoms with Gasteiger partial charge in [-0.2, -0.15) is 5.26 Å². The normalized spacial score (nSPS) is 12.0. The minimum Gasteiger partial charge on any atom is -0.481 e. The van der Waals surface area contributed by atoms with Crippen LogP contribution in [0.1, 0.15) is 33.1 Å². The zero-order chi connectivity index (χ0) is 13.5. The number of carbonyl (C=O) groups excluding carboxylic acids is 1. The first kappa shape index (κ1) is 15.0. The van der Waals surface area contributed by atoms with E-state index in [1.54, 1.807) is 13.8 Å². The molecule has 0 amide bonds. The van der Waals surface area contributed by atoms with Crippen LogP contribution in [0.2, 0.25) is 0 Å². The van der Waals surface area contributed by atoms with E-state index in [1.165, 1.54) is 0 Å². The number of esters is 1. The molecule has 0 aliphatic carbocycles. The number of ether oxygens (including phenoxy) is 1. The van der Waals surface area contributed by atoms with E-state index < -0.39 is 23.5 Å². The Morgan fingerprint density at radius 2 is 2.06 bits per heavy atom. The summed E-state index contributed by atoms with van der Waals surface area (Å²) in [7, 11) is 0. The molecule has 0 saturated carbocycles. The van der Waals surface area contributed by atoms with Gasteiger partial charge in [-0.05, 0) is 20.3 Å². The predicted molar refractivity (Wildman–Crippen MR) is 59.6 cm³/mol. The van der Waals surface area contributed by atoms with Crippen LogP contribution in [-0.4, -0.2) is 23.1 Å². The molecule has 5 heteroatoms. The number of hydrogen-bond acceptors (Lipinski definition) is 4. The third-order valence-corrected chi connectivity index (χ3v) is 2.12. The number of carboxylic acids is 1. The summed E-state index contributed by atoms with van der Waals surface area (Å²) in [5.74, 6) is 0.687. The standard InChI is InChI=1S/C12H15NO4/c1-4-9(12(2,3)8-13)17-11(16)7-5-6-10(14)15/h1,9H,5-7H2,2-3H3,(H,14,15). The fourth-order valence-corrected chi connectivity index (χ4v) is 1.02. The van der Waals surface area contributed by atoms with Crippen LogP contribution in [0.25, 0.3) is 0 Å². The average Bonchev–Trinajstić information content (AvgIpc) is 2.25. The summed E-state index contributed by atoms with van der Waals surface area (Å²) in [5, 5.41) is 17.2. The molecule has 0 saturated heterocycles. The van der Waals surface area contributed by atoms with Crippen molar-refractivity contribution in [1.29, 1.82) is 5.26 Å². The van der Waals surface area contributed by atoms with E-state index in [1.807, 2.05) is 6.07 Å². The highest BCUT2D eigenvalue weighted by Crippen LogP contribution is 2.22. The predicted octanol–water partition coefficient (Wildman–Crippen LogP) is 1.34. The molecule has 0 radical (unpaired) electrons. The quantitative estimate of drug-likeness (QED) is 0.556. The van der Waals surface area contributed by atoms with Crippen molar-refractivity contribution in [3.05, 3.63) is 0 Å². The Bertz CT molecular complexity index is 373. The molecule has 1 unspecified atom stereocenters. The van der Waals surface area contributed by atoms with E-state index in [0.717, 1.165) is 0 Å². The number of terminal acetylenes is 1. The summed E-state index contributed by atoms with van der Waals surface area (Å²) >= 11 is 0. The third-order valence-electron chi connectivity index (χ3n) is 2.12. The second-order valence-corrected chi connectivity index (χ2v) is 4.12. The van der Waals surface area contributed by atoms with Gasteiger partial charge in [0, 0.05) is 12.8 Å². The van der Waals surface area contributed by atoms with Crippen LogP contribution in [0, 0.1) is 29.1 Å². The summed E-state index contributed by atoms with van der Waals surface area (Å²) < 4.78 is 4.95. The van der Waals surface area contributed by atoms with E-state index in [0.29, 0.717) is 0 Å². The summed E-state index contributed by atoms with van der Waals surface area (Å²) in [4.78, 5) is 21.6. The van der Waals surface area contributed by atoms with Crippen LogP contribution >= 0.6 is 0 Å². The molecule has 1 N–H and O–H groups in total. The molecular weight excluding hydrogens is 222 g/mol. The molecule has 5 nitrogen and oxygen atoms in total. The van der Waals surface area contributed by atoms with Crippen molar-refractivity contribution in [3.63, 3.8) is 0 Å². The Morgan fingerprint density at radius 1 is 1.47 bits per heavy atom. The summed E-state index contributed by atoms with van der Waals surface area (Å²) in [5.41, 5.74) is -0.961. The second kappa shape index (κ2) is 6.55. The molecule has 0 fully saturated rings. The number of hydrogen-bond donors (Lipinski definition) is 1. The molecule has 0 aliphatic rings. The van der Waals surface area contributed by atoms with Gasteiger partial charge in [-0.1, -0.05) is 5.92 Å². The Balaban J connectivity index is 4.24. The zero-order valence-electron chi connectivity index (χ0n) is 9.90. The van der Waals surface area contributed by atoms with Crippen molar-refractivity contribution in [2.45, 2.75) is 39.2 Å². The maximum atomic E-state index is 11.3. The highest BCUT2D eigenvalue weighted by atomic mass is 16.5. The zero-order valence-corrected chi connectivity index (χ0v) is 9.90. The van der Waals surface area contributed by atoms with Crippen molar-refractivity contribution < 1.29 is 19.4 Å². The molecule has 1 atom stereocenters. The van der Waals surface area contributed by atoms with Gasteiger partial charge in [0.2, 0.25) is 0 Å². The van der Waals surface area contributed by atoms with Crippen molar-refractivity contribution in [2.75, 3.05) is 0 Å². The fourth-order valence-electron chi connectivity index (χ4n) is 1.02. The maximum absolute atomic E-state index is 11.3. The van der Waals surface area contributed by atoms with Crippen LogP contribution < -0.4 is 0 Å². The lowest BCUT2D eigenvalue weighted by Gasteiger charge is -2.23. The van der Waals surface area contributed by atoms with E-state index in [2.05, 4.69) is 5.92 Å². The number of rotatable bonds is 6. The summed E-state index contributed by atoms with van der Waals surface area (Å²) in [6.07, 6.45) is 4.33. The Kier molecular flexibility index (Phi) is 5.77. The molecule has 0 aromatic heterocycles. The van der Waals surface area contributed by atoms with Gasteiger partial charge >= 0.3 is 11.9 Å². The lowest BCUT2D eigenvalue weighted by atomic mass is 9.89. The first-order valence-corrected chi connectivity index (χ1v) is 5.12. The lowest BCUT2D eigenvalue weighted by Crippen LogP contribution is -2.31. The maximum Gasteiger partial charge on any atom is 0.307 e. The van der Waals surface area contributed by atoms with Gasteiger partial charge in [0.1, 0.15) is 5.41 Å². The average molecular weight is 237 g/mol. The molecule has 0 bridgehead atoms. The molecule has 0 rings (SSSR count). The van der Waals surface area contributed by atoms with Gasteiger partial charge in [0.05, 0.1) is 6.07 Å². The van der Waals surface area contributed by atoms with Gasteiger partial charge in [-0.3, -0.25) is 9.59 Å². The number of carboxylic acid groups (broad SMARTS) is 1. The summed E-state index contributed by atoms with van der Waals surface area (Å²) in [6, 6.07) is 1.96. The Hall–Kier alpha value is -2.01. The monoisotopic (exact) mass is 237 g/mol. The van der Waals surface area contributed by atoms with Crippen LogP contribution in [0.5, 0.6) is 0 Å². The van der Waals surface area contributed by atoms with Crippen LogP contribution in [0.4, 0.5) is 0 Å². The molecule has 0 spiro atoms. The van der Waals surface area contributed by atoms with Gasteiger partial charge in [0.15, 0.2) is 6.10 Å². The molecule has 92 valence electrons. The first-order chi connectivity index (χ1) is 7.83. The Labute approximate surface area is 100 Å². The van der Waals surface area contributed by atoms with Crippen molar-refractivity contribution >= 4 is 11.9 Å². The van der Waals surface area contributed by atoms with Crippen LogP contribution in [-0.2, 0) is 14.3 Å². The molecule has 0 aromatic rings. The molecule has 17 heavy (non-hydrogen) atoms. The smallest absolute Gasteiger partial charge is 0.307 e. The third kappa shape index (κ3) is 5.58. The van der Waals surface area contributed by atoms with Gasteiger partial charge in [-0.15, -0.1) is 6.42 Å². The van der Waals surface area contributed by atoms with E-state index >= 15 is 0 Å². The van der Waals surface area contributed by atoms with Gasteiger partial charge < -0.3 is 9.84 Å². The lowest BCUT2D eigenvalue weighted by molar-refractivity contribution is -0.149. The van der Waals surface area contributed by atoms with E-state index in [4.69, 9.17) is 21.5 Å². The molecule has 0 aromatic carbocycles. The number of nitrogens with zero attached hydrogens (tertiary/aromatic N) is 1. The van der Waals surface area contributed by atoms with E-state index in [9.17, 15) is 9.59 Å². The molecule has 0 aliphatic heterocycles. The fraction of sp³-hybridized carbons (Fsp3) is 0.583. The number of nitriles is 1. The van der Waals surface area contributed by atoms with Gasteiger partial charge in [0.25, 0.3) is 0 Å². The second-order valence-electron chi connectivity index (χ2n) is 4.12. The molecule has 0 heterocycles.